The summed E-state index contributed by atoms with van der Waals surface area (Å²) in [6.45, 7) is 16.3. The lowest BCUT2D eigenvalue weighted by Crippen LogP contribution is -2.19. The van der Waals surface area contributed by atoms with Gasteiger partial charge in [0, 0.05) is 17.1 Å². The summed E-state index contributed by atoms with van der Waals surface area (Å²) in [6, 6.07) is 8.51. The van der Waals surface area contributed by atoms with E-state index in [9.17, 15) is 0 Å². The number of allylic oxidation sites excluding steroid dienone is 8. The lowest BCUT2D eigenvalue weighted by Gasteiger charge is -2.27. The van der Waals surface area contributed by atoms with Crippen LogP contribution in [-0.2, 0) is 0 Å². The highest BCUT2D eigenvalue weighted by molar-refractivity contribution is 5.61. The third kappa shape index (κ3) is 7.82. The summed E-state index contributed by atoms with van der Waals surface area (Å²) >= 11 is 0. The molecule has 0 aliphatic rings. The van der Waals surface area contributed by atoms with E-state index < -0.39 is 0 Å². The molecule has 1 nitrogen and oxygen atoms in total. The molecule has 0 fully saturated rings. The van der Waals surface area contributed by atoms with Gasteiger partial charge in [-0.3, -0.25) is 0 Å². The number of rotatable bonds is 6. The van der Waals surface area contributed by atoms with Crippen LogP contribution in [0.15, 0.2) is 84.8 Å². The summed E-state index contributed by atoms with van der Waals surface area (Å²) in [5.41, 5.74) is 4.65. The maximum Gasteiger partial charge on any atom is 0.0460 e. The molecule has 1 heteroatoms. The van der Waals surface area contributed by atoms with Crippen molar-refractivity contribution < 1.29 is 0 Å². The van der Waals surface area contributed by atoms with Crippen molar-refractivity contribution in [3.8, 4) is 0 Å². The molecule has 0 N–H and O–H groups in total. The maximum atomic E-state index is 3.83. The lowest BCUT2D eigenvalue weighted by atomic mass is 10.1. The van der Waals surface area contributed by atoms with Crippen molar-refractivity contribution in [1.82, 2.24) is 0 Å². The molecular formula is C23H33N. The average molecular weight is 324 g/mol. The smallest absolute Gasteiger partial charge is 0.0460 e. The Balaban J connectivity index is 0.00000163. The molecular weight excluding hydrogens is 290 g/mol. The van der Waals surface area contributed by atoms with E-state index in [2.05, 4.69) is 81.7 Å². The van der Waals surface area contributed by atoms with E-state index in [1.54, 1.807) is 0 Å². The number of hydrogen-bond donors (Lipinski definition) is 0. The molecule has 130 valence electrons. The molecule has 24 heavy (non-hydrogen) atoms. The molecule has 0 heterocycles. The summed E-state index contributed by atoms with van der Waals surface area (Å²) in [5.74, 6) is 0. The molecule has 1 rings (SSSR count). The minimum atomic E-state index is 1.09. The van der Waals surface area contributed by atoms with E-state index in [0.717, 1.165) is 17.1 Å². The standard InChI is InChI=1S/C20H25N.C3H8/c1-6-9-14-18(5)21(19(11-7-2)12-8-3)20-15-10-13-17(4)16-20;1-3-2/h6-16H,2H2,1,3-5H3;3H2,1-2H3/b9-6-,12-8-,18-14+,19-11+;. The van der Waals surface area contributed by atoms with Crippen LogP contribution in [0.3, 0.4) is 0 Å². The van der Waals surface area contributed by atoms with Crippen molar-refractivity contribution in [1.29, 1.82) is 0 Å². The van der Waals surface area contributed by atoms with Gasteiger partial charge in [0.05, 0.1) is 0 Å². The predicted molar refractivity (Wildman–Crippen MR) is 111 cm³/mol. The van der Waals surface area contributed by atoms with Crippen LogP contribution >= 0.6 is 0 Å². The van der Waals surface area contributed by atoms with Crippen molar-refractivity contribution in [2.45, 2.75) is 48.0 Å². The van der Waals surface area contributed by atoms with Gasteiger partial charge in [-0.25, -0.2) is 0 Å². The second-order valence-electron chi connectivity index (χ2n) is 5.54. The van der Waals surface area contributed by atoms with E-state index >= 15 is 0 Å². The molecule has 0 aromatic heterocycles. The zero-order valence-corrected chi connectivity index (χ0v) is 16.2. The van der Waals surface area contributed by atoms with Crippen LogP contribution in [0.5, 0.6) is 0 Å². The monoisotopic (exact) mass is 323 g/mol. The van der Waals surface area contributed by atoms with Crippen LogP contribution in [0.4, 0.5) is 5.69 Å². The Hall–Kier alpha value is -2.28. The summed E-state index contributed by atoms with van der Waals surface area (Å²) in [6.07, 6.45) is 15.4. The Morgan fingerprint density at radius 3 is 2.29 bits per heavy atom. The normalized spacial score (nSPS) is 12.2. The fourth-order valence-electron chi connectivity index (χ4n) is 2.13. The van der Waals surface area contributed by atoms with Crippen molar-refractivity contribution in [3.05, 3.63) is 90.3 Å². The number of anilines is 1. The van der Waals surface area contributed by atoms with Crippen LogP contribution in [0.2, 0.25) is 0 Å². The van der Waals surface area contributed by atoms with Gasteiger partial charge in [-0.15, -0.1) is 0 Å². The molecule has 0 bridgehead atoms. The number of nitrogens with zero attached hydrogens (tertiary/aromatic N) is 1. The van der Waals surface area contributed by atoms with E-state index in [-0.39, 0.29) is 0 Å². The highest BCUT2D eigenvalue weighted by atomic mass is 15.1. The lowest BCUT2D eigenvalue weighted by molar-refractivity contribution is 1.09. The average Bonchev–Trinajstić information content (AvgIpc) is 2.54. The maximum absolute atomic E-state index is 3.83. The van der Waals surface area contributed by atoms with Gasteiger partial charge < -0.3 is 4.90 Å². The molecule has 0 aliphatic carbocycles. The molecule has 1 aromatic rings. The van der Waals surface area contributed by atoms with Gasteiger partial charge in [-0.2, -0.15) is 0 Å². The fourth-order valence-corrected chi connectivity index (χ4v) is 2.13. The Bertz CT molecular complexity index is 600. The summed E-state index contributed by atoms with van der Waals surface area (Å²) in [5, 5.41) is 0. The Labute approximate surface area is 149 Å². The molecule has 0 saturated carbocycles. The van der Waals surface area contributed by atoms with Crippen LogP contribution in [0.1, 0.15) is 46.6 Å². The molecule has 0 amide bonds. The van der Waals surface area contributed by atoms with Gasteiger partial charge in [0.15, 0.2) is 0 Å². The summed E-state index contributed by atoms with van der Waals surface area (Å²) < 4.78 is 0. The predicted octanol–water partition coefficient (Wildman–Crippen LogP) is 7.34. The van der Waals surface area contributed by atoms with Crippen molar-refractivity contribution in [2.24, 2.45) is 0 Å². The zero-order valence-electron chi connectivity index (χ0n) is 16.2. The highest BCUT2D eigenvalue weighted by Gasteiger charge is 2.11. The van der Waals surface area contributed by atoms with E-state index in [0.29, 0.717) is 0 Å². The van der Waals surface area contributed by atoms with Crippen LogP contribution in [-0.4, -0.2) is 0 Å². The number of hydrogen-bond acceptors (Lipinski definition) is 1. The zero-order chi connectivity index (χ0) is 18.4. The second kappa shape index (κ2) is 13.2. The highest BCUT2D eigenvalue weighted by Crippen LogP contribution is 2.26. The van der Waals surface area contributed by atoms with Gasteiger partial charge >= 0.3 is 0 Å². The molecule has 0 saturated heterocycles. The van der Waals surface area contributed by atoms with Crippen molar-refractivity contribution in [2.75, 3.05) is 4.90 Å². The van der Waals surface area contributed by atoms with Crippen molar-refractivity contribution >= 4 is 5.69 Å². The molecule has 0 spiro atoms. The third-order valence-electron chi connectivity index (χ3n) is 3.03. The van der Waals surface area contributed by atoms with E-state index in [1.807, 2.05) is 38.2 Å². The van der Waals surface area contributed by atoms with Crippen molar-refractivity contribution in [3.63, 3.8) is 0 Å². The van der Waals surface area contributed by atoms with Crippen LogP contribution in [0.25, 0.3) is 0 Å². The number of aryl methyl sites for hydroxylation is 1. The largest absolute Gasteiger partial charge is 0.315 e. The second-order valence-corrected chi connectivity index (χ2v) is 5.54. The Morgan fingerprint density at radius 2 is 1.79 bits per heavy atom. The van der Waals surface area contributed by atoms with Gasteiger partial charge in [0.25, 0.3) is 0 Å². The van der Waals surface area contributed by atoms with Gasteiger partial charge in [-0.1, -0.05) is 63.3 Å². The summed E-state index contributed by atoms with van der Waals surface area (Å²) in [7, 11) is 0. The molecule has 0 atom stereocenters. The first kappa shape index (κ1) is 21.7. The quantitative estimate of drug-likeness (QED) is 0.495. The summed E-state index contributed by atoms with van der Waals surface area (Å²) in [4.78, 5) is 2.23. The topological polar surface area (TPSA) is 3.24 Å². The SMILES string of the molecule is C=C/C=C(\C=C/C)N(/C(C)=C/C=C\C)c1cccc(C)c1.CCC. The minimum absolute atomic E-state index is 1.09. The fraction of sp³-hybridized carbons (Fsp3) is 0.304. The third-order valence-corrected chi connectivity index (χ3v) is 3.03. The molecule has 0 radical (unpaired) electrons. The van der Waals surface area contributed by atoms with E-state index in [1.165, 1.54) is 12.0 Å². The number of benzene rings is 1. The first-order valence-corrected chi connectivity index (χ1v) is 8.67. The van der Waals surface area contributed by atoms with E-state index in [4.69, 9.17) is 0 Å². The minimum Gasteiger partial charge on any atom is -0.315 e. The molecule has 0 unspecified atom stereocenters. The first-order valence-electron chi connectivity index (χ1n) is 8.67. The van der Waals surface area contributed by atoms with Crippen LogP contribution in [0, 0.1) is 6.92 Å². The molecule has 0 aliphatic heterocycles. The van der Waals surface area contributed by atoms with Gasteiger partial charge in [-0.05, 0) is 63.6 Å². The van der Waals surface area contributed by atoms with Crippen LogP contribution < -0.4 is 4.90 Å². The molecule has 1 aromatic carbocycles. The Kier molecular flexibility index (Phi) is 11.9. The first-order chi connectivity index (χ1) is 11.5. The van der Waals surface area contributed by atoms with Gasteiger partial charge in [0.2, 0.25) is 0 Å². The Morgan fingerprint density at radius 1 is 1.12 bits per heavy atom. The van der Waals surface area contributed by atoms with Gasteiger partial charge in [0.1, 0.15) is 0 Å².